The fourth-order valence-corrected chi connectivity index (χ4v) is 0.515. The standard InChI is InChI=1S/C6H7.C4H9.2ClH.Zr/c1-6-4-2-3-5-6;1-3-4-2;;;/h2,4H,3H2,1H3;1,3-4H2,2H3;2*1H;/q2*-1;;;+4/p-2. The van der Waals surface area contributed by atoms with E-state index >= 15 is 0 Å². The Morgan fingerprint density at radius 2 is 1.92 bits per heavy atom. The minimum atomic E-state index is 0. The van der Waals surface area contributed by atoms with E-state index in [1.807, 2.05) is 0 Å². The van der Waals surface area contributed by atoms with Crippen LogP contribution in [0.4, 0.5) is 0 Å². The summed E-state index contributed by atoms with van der Waals surface area (Å²) in [6.45, 7) is 7.78. The molecular formula is C10H16Cl2Zr. The Kier molecular flexibility index (Phi) is 33.9. The van der Waals surface area contributed by atoms with Crippen LogP contribution in [0.5, 0.6) is 0 Å². The van der Waals surface area contributed by atoms with Gasteiger partial charge in [0.15, 0.2) is 0 Å². The van der Waals surface area contributed by atoms with Crippen LogP contribution in [0.15, 0.2) is 17.7 Å². The number of hydrogen-bond donors (Lipinski definition) is 0. The third-order valence-corrected chi connectivity index (χ3v) is 1.22. The van der Waals surface area contributed by atoms with Gasteiger partial charge in [0.25, 0.3) is 0 Å². The van der Waals surface area contributed by atoms with Crippen molar-refractivity contribution in [3.8, 4) is 0 Å². The molecule has 3 heteroatoms. The zero-order chi connectivity index (χ0) is 7.82. The summed E-state index contributed by atoms with van der Waals surface area (Å²) in [4.78, 5) is 0. The van der Waals surface area contributed by atoms with Crippen molar-refractivity contribution < 1.29 is 51.0 Å². The van der Waals surface area contributed by atoms with Crippen molar-refractivity contribution in [1.82, 2.24) is 0 Å². The Morgan fingerprint density at radius 3 is 2.00 bits per heavy atom. The predicted octanol–water partition coefficient (Wildman–Crippen LogP) is -2.68. The Bertz CT molecular complexity index is 126. The summed E-state index contributed by atoms with van der Waals surface area (Å²) in [7, 11) is 0. The van der Waals surface area contributed by atoms with E-state index in [2.05, 4.69) is 39.0 Å². The minimum Gasteiger partial charge on any atom is -1.00 e. The summed E-state index contributed by atoms with van der Waals surface area (Å²) in [5, 5.41) is 0. The average molecular weight is 298 g/mol. The molecule has 0 fully saturated rings. The molecule has 1 aliphatic rings. The van der Waals surface area contributed by atoms with Gasteiger partial charge in [0.05, 0.1) is 0 Å². The maximum absolute atomic E-state index is 3.60. The maximum Gasteiger partial charge on any atom is 4.00 e. The van der Waals surface area contributed by atoms with E-state index in [-0.39, 0.29) is 51.0 Å². The van der Waals surface area contributed by atoms with E-state index in [9.17, 15) is 0 Å². The molecule has 13 heavy (non-hydrogen) atoms. The van der Waals surface area contributed by atoms with Gasteiger partial charge in [-0.05, 0) is 0 Å². The van der Waals surface area contributed by atoms with E-state index in [0.717, 1.165) is 12.8 Å². The van der Waals surface area contributed by atoms with E-state index in [1.54, 1.807) is 0 Å². The molecule has 0 aromatic heterocycles. The second kappa shape index (κ2) is 18.7. The van der Waals surface area contributed by atoms with Crippen LogP contribution in [0.2, 0.25) is 0 Å². The van der Waals surface area contributed by atoms with Crippen LogP contribution < -0.4 is 24.8 Å². The maximum atomic E-state index is 3.60. The quantitative estimate of drug-likeness (QED) is 0.463. The van der Waals surface area contributed by atoms with Crippen LogP contribution >= 0.6 is 0 Å². The summed E-state index contributed by atoms with van der Waals surface area (Å²) in [5.74, 6) is 0. The number of rotatable bonds is 1. The Labute approximate surface area is 114 Å². The van der Waals surface area contributed by atoms with Crippen molar-refractivity contribution >= 4 is 0 Å². The van der Waals surface area contributed by atoms with Crippen molar-refractivity contribution in [3.05, 3.63) is 30.7 Å². The molecule has 74 valence electrons. The zero-order valence-electron chi connectivity index (χ0n) is 8.24. The van der Waals surface area contributed by atoms with Crippen molar-refractivity contribution in [3.63, 3.8) is 0 Å². The summed E-state index contributed by atoms with van der Waals surface area (Å²) >= 11 is 0. The second-order valence-electron chi connectivity index (χ2n) is 2.32. The Balaban J connectivity index is -0.0000000536. The van der Waals surface area contributed by atoms with Gasteiger partial charge in [-0.15, -0.1) is 6.42 Å². The van der Waals surface area contributed by atoms with Crippen molar-refractivity contribution in [2.24, 2.45) is 0 Å². The van der Waals surface area contributed by atoms with Gasteiger partial charge in [0.2, 0.25) is 0 Å². The molecular weight excluding hydrogens is 282 g/mol. The van der Waals surface area contributed by atoms with Gasteiger partial charge in [-0.25, -0.2) is 11.6 Å². The van der Waals surface area contributed by atoms with E-state index < -0.39 is 0 Å². The normalized spacial score (nSPS) is 10.8. The fourth-order valence-electron chi connectivity index (χ4n) is 0.515. The molecule has 0 saturated carbocycles. The summed E-state index contributed by atoms with van der Waals surface area (Å²) in [6.07, 6.45) is 10.6. The van der Waals surface area contributed by atoms with Crippen LogP contribution in [0.25, 0.3) is 0 Å². The fraction of sp³-hybridized carbons (Fsp3) is 0.500. The monoisotopic (exact) mass is 296 g/mol. The first-order chi connectivity index (χ1) is 4.81. The predicted molar refractivity (Wildman–Crippen MR) is 46.5 cm³/mol. The first-order valence-electron chi connectivity index (χ1n) is 3.84. The topological polar surface area (TPSA) is 0 Å². The third kappa shape index (κ3) is 19.4. The number of unbranched alkanes of at least 4 members (excludes halogenated alkanes) is 1. The molecule has 0 aliphatic heterocycles. The Hall–Kier alpha value is 0.943. The molecule has 0 unspecified atom stereocenters. The first kappa shape index (κ1) is 23.6. The van der Waals surface area contributed by atoms with Crippen molar-refractivity contribution in [2.45, 2.75) is 33.1 Å². The van der Waals surface area contributed by atoms with Crippen LogP contribution in [-0.2, 0) is 26.2 Å². The molecule has 0 aromatic carbocycles. The molecule has 0 N–H and O–H groups in total. The van der Waals surface area contributed by atoms with Gasteiger partial charge in [-0.3, -0.25) is 6.08 Å². The number of hydrogen-bond acceptors (Lipinski definition) is 0. The third-order valence-electron chi connectivity index (χ3n) is 1.22. The molecule has 0 spiro atoms. The minimum absolute atomic E-state index is 0. The largest absolute Gasteiger partial charge is 4.00 e. The SMILES string of the molecule is CC1=[C-]CC=C1.[CH2-]CCC.[Cl-].[Cl-].[Zr+4]. The van der Waals surface area contributed by atoms with Gasteiger partial charge >= 0.3 is 26.2 Å². The summed E-state index contributed by atoms with van der Waals surface area (Å²) in [5.41, 5.74) is 1.27. The van der Waals surface area contributed by atoms with Crippen LogP contribution in [0, 0.1) is 13.0 Å². The van der Waals surface area contributed by atoms with Gasteiger partial charge in [0, 0.05) is 0 Å². The van der Waals surface area contributed by atoms with Crippen LogP contribution in [0.3, 0.4) is 0 Å². The molecule has 0 nitrogen and oxygen atoms in total. The second-order valence-corrected chi connectivity index (χ2v) is 2.32. The van der Waals surface area contributed by atoms with E-state index in [0.29, 0.717) is 0 Å². The summed E-state index contributed by atoms with van der Waals surface area (Å²) < 4.78 is 0. The smallest absolute Gasteiger partial charge is 1.00 e. The van der Waals surface area contributed by atoms with E-state index in [4.69, 9.17) is 0 Å². The number of halogens is 2. The van der Waals surface area contributed by atoms with Gasteiger partial charge in [-0.1, -0.05) is 20.3 Å². The van der Waals surface area contributed by atoms with E-state index in [1.165, 1.54) is 12.0 Å². The van der Waals surface area contributed by atoms with Gasteiger partial charge < -0.3 is 31.7 Å². The molecule has 1 aliphatic carbocycles. The molecule has 0 radical (unpaired) electrons. The average Bonchev–Trinajstić information content (AvgIpc) is 2.40. The molecule has 0 atom stereocenters. The first-order valence-corrected chi connectivity index (χ1v) is 3.84. The van der Waals surface area contributed by atoms with Gasteiger partial charge in [-0.2, -0.15) is 12.5 Å². The molecule has 0 heterocycles. The Morgan fingerprint density at radius 1 is 1.46 bits per heavy atom. The molecule has 0 bridgehead atoms. The molecule has 0 aromatic rings. The van der Waals surface area contributed by atoms with Crippen LogP contribution in [-0.4, -0.2) is 0 Å². The summed E-state index contributed by atoms with van der Waals surface area (Å²) in [6, 6.07) is 0. The number of allylic oxidation sites excluding steroid dienone is 4. The van der Waals surface area contributed by atoms with Crippen molar-refractivity contribution in [1.29, 1.82) is 0 Å². The van der Waals surface area contributed by atoms with Gasteiger partial charge in [0.1, 0.15) is 0 Å². The van der Waals surface area contributed by atoms with Crippen molar-refractivity contribution in [2.75, 3.05) is 0 Å². The zero-order valence-corrected chi connectivity index (χ0v) is 12.2. The molecule has 0 saturated heterocycles. The molecule has 1 rings (SSSR count). The van der Waals surface area contributed by atoms with Crippen LogP contribution in [0.1, 0.15) is 33.1 Å². The molecule has 0 amide bonds.